The molecule has 0 saturated carbocycles. The molecule has 0 unspecified atom stereocenters. The Hall–Kier alpha value is -2.57. The first-order valence-electron chi connectivity index (χ1n) is 8.85. The van der Waals surface area contributed by atoms with Gasteiger partial charge in [-0.15, -0.1) is 0 Å². The first-order chi connectivity index (χ1) is 13.7. The molecule has 0 aliphatic rings. The Morgan fingerprint density at radius 3 is 2.45 bits per heavy atom. The maximum atomic E-state index is 13.3. The van der Waals surface area contributed by atoms with Crippen molar-refractivity contribution in [3.8, 4) is 5.75 Å². The molecule has 0 aliphatic carbocycles. The number of nitrogens with one attached hydrogen (secondary N) is 2. The van der Waals surface area contributed by atoms with E-state index in [1.807, 2.05) is 19.1 Å². The minimum atomic E-state index is -0.632. The predicted molar refractivity (Wildman–Crippen MR) is 111 cm³/mol. The summed E-state index contributed by atoms with van der Waals surface area (Å²) in [6.07, 6.45) is 0.445. The van der Waals surface area contributed by atoms with E-state index in [2.05, 4.69) is 17.2 Å². The molecule has 5 nitrogen and oxygen atoms in total. The lowest BCUT2D eigenvalue weighted by atomic mass is 10.1. The summed E-state index contributed by atoms with van der Waals surface area (Å²) in [6.45, 7) is 5.28. The van der Waals surface area contributed by atoms with Crippen molar-refractivity contribution in [1.82, 2.24) is 10.6 Å². The van der Waals surface area contributed by atoms with Crippen LogP contribution in [0.3, 0.4) is 0 Å². The summed E-state index contributed by atoms with van der Waals surface area (Å²) in [5.41, 5.74) is 1.32. The largest absolute Gasteiger partial charge is 0.484 e. The number of hydrogen-bond acceptors (Lipinski definition) is 3. The van der Waals surface area contributed by atoms with Gasteiger partial charge in [-0.1, -0.05) is 41.9 Å². The van der Waals surface area contributed by atoms with Gasteiger partial charge in [0, 0.05) is 23.2 Å². The molecule has 0 bridgehead atoms. The first kappa shape index (κ1) is 22.7. The van der Waals surface area contributed by atoms with Gasteiger partial charge in [0.15, 0.2) is 6.61 Å². The first-order valence-corrected chi connectivity index (χ1v) is 9.60. The van der Waals surface area contributed by atoms with Crippen molar-refractivity contribution >= 4 is 35.0 Å². The Balaban J connectivity index is 1.69. The quantitative estimate of drug-likeness (QED) is 0.590. The minimum Gasteiger partial charge on any atom is -0.484 e. The smallest absolute Gasteiger partial charge is 0.262 e. The fourth-order valence-corrected chi connectivity index (χ4v) is 2.67. The number of ether oxygens (including phenoxy) is 1. The number of benzene rings is 2. The molecule has 1 atom stereocenters. The molecule has 8 heteroatoms. The third kappa shape index (κ3) is 7.75. The van der Waals surface area contributed by atoms with Crippen LogP contribution in [0.5, 0.6) is 5.75 Å². The molecule has 2 N–H and O–H groups in total. The fourth-order valence-electron chi connectivity index (χ4n) is 2.42. The molecular weight excluding hydrogens is 418 g/mol. The SMILES string of the molecule is C=C(CCC(=O)N[C@H](C)c1ccc(Cl)cc1)NC(=O)COc1ccc(Cl)c(F)c1. The highest BCUT2D eigenvalue weighted by Crippen LogP contribution is 2.20. The highest BCUT2D eigenvalue weighted by Gasteiger charge is 2.11. The van der Waals surface area contributed by atoms with Crippen LogP contribution < -0.4 is 15.4 Å². The van der Waals surface area contributed by atoms with Crippen LogP contribution in [0.25, 0.3) is 0 Å². The van der Waals surface area contributed by atoms with E-state index < -0.39 is 11.7 Å². The second-order valence-corrected chi connectivity index (χ2v) is 7.20. The number of allylic oxidation sites excluding steroid dienone is 1. The van der Waals surface area contributed by atoms with Gasteiger partial charge in [0.25, 0.3) is 5.91 Å². The third-order valence-corrected chi connectivity index (χ3v) is 4.54. The molecule has 0 heterocycles. The Morgan fingerprint density at radius 2 is 1.79 bits per heavy atom. The summed E-state index contributed by atoms with van der Waals surface area (Å²) in [5, 5.41) is 6.02. The molecule has 0 fully saturated rings. The zero-order chi connectivity index (χ0) is 21.4. The Labute approximate surface area is 178 Å². The summed E-state index contributed by atoms with van der Waals surface area (Å²) in [6, 6.07) is 10.9. The molecule has 2 aromatic carbocycles. The number of halogens is 3. The van der Waals surface area contributed by atoms with Crippen LogP contribution in [0.4, 0.5) is 4.39 Å². The van der Waals surface area contributed by atoms with Crippen LogP contribution in [0.2, 0.25) is 10.0 Å². The molecular formula is C21H21Cl2FN2O3. The monoisotopic (exact) mass is 438 g/mol. The van der Waals surface area contributed by atoms with Gasteiger partial charge in [-0.2, -0.15) is 0 Å². The van der Waals surface area contributed by atoms with Gasteiger partial charge in [-0.3, -0.25) is 9.59 Å². The van der Waals surface area contributed by atoms with Crippen LogP contribution >= 0.6 is 23.2 Å². The number of hydrogen-bond donors (Lipinski definition) is 2. The van der Waals surface area contributed by atoms with E-state index in [4.69, 9.17) is 27.9 Å². The summed E-state index contributed by atoms with van der Waals surface area (Å²) >= 11 is 11.4. The van der Waals surface area contributed by atoms with Crippen LogP contribution in [0, 0.1) is 5.82 Å². The maximum absolute atomic E-state index is 13.3. The van der Waals surface area contributed by atoms with Crippen molar-refractivity contribution in [2.45, 2.75) is 25.8 Å². The minimum absolute atomic E-state index is 0.0289. The lowest BCUT2D eigenvalue weighted by molar-refractivity contribution is -0.123. The summed E-state index contributed by atoms with van der Waals surface area (Å²) in [7, 11) is 0. The number of rotatable bonds is 9. The molecule has 154 valence electrons. The van der Waals surface area contributed by atoms with Gasteiger partial charge in [-0.05, 0) is 43.2 Å². The molecule has 0 aliphatic heterocycles. The molecule has 0 saturated heterocycles. The summed E-state index contributed by atoms with van der Waals surface area (Å²) in [4.78, 5) is 24.0. The molecule has 2 aromatic rings. The second kappa shape index (κ2) is 10.8. The third-order valence-electron chi connectivity index (χ3n) is 3.98. The Morgan fingerprint density at radius 1 is 1.10 bits per heavy atom. The van der Waals surface area contributed by atoms with E-state index in [0.717, 1.165) is 11.6 Å². The van der Waals surface area contributed by atoms with Gasteiger partial charge < -0.3 is 15.4 Å². The number of carbonyl (C=O) groups excluding carboxylic acids is 2. The van der Waals surface area contributed by atoms with Crippen molar-refractivity contribution in [2.24, 2.45) is 0 Å². The zero-order valence-electron chi connectivity index (χ0n) is 15.8. The topological polar surface area (TPSA) is 67.4 Å². The average Bonchev–Trinajstić information content (AvgIpc) is 2.68. The van der Waals surface area contributed by atoms with E-state index in [9.17, 15) is 14.0 Å². The van der Waals surface area contributed by atoms with Gasteiger partial charge in [0.2, 0.25) is 5.91 Å². The lowest BCUT2D eigenvalue weighted by Gasteiger charge is -2.15. The van der Waals surface area contributed by atoms with Gasteiger partial charge >= 0.3 is 0 Å². The van der Waals surface area contributed by atoms with Gasteiger partial charge in [0.05, 0.1) is 11.1 Å². The highest BCUT2D eigenvalue weighted by molar-refractivity contribution is 6.30. The van der Waals surface area contributed by atoms with E-state index in [1.165, 1.54) is 12.1 Å². The molecule has 0 aromatic heterocycles. The predicted octanol–water partition coefficient (Wildman–Crippen LogP) is 4.80. The average molecular weight is 439 g/mol. The van der Waals surface area contributed by atoms with Gasteiger partial charge in [0.1, 0.15) is 11.6 Å². The summed E-state index contributed by atoms with van der Waals surface area (Å²) < 4.78 is 18.5. The van der Waals surface area contributed by atoms with Crippen molar-refractivity contribution < 1.29 is 18.7 Å². The Kier molecular flexibility index (Phi) is 8.49. The van der Waals surface area contributed by atoms with Gasteiger partial charge in [-0.25, -0.2) is 4.39 Å². The van der Waals surface area contributed by atoms with Crippen molar-refractivity contribution in [2.75, 3.05) is 6.61 Å². The molecule has 0 radical (unpaired) electrons. The van der Waals surface area contributed by atoms with Crippen LogP contribution in [-0.2, 0) is 9.59 Å². The molecule has 0 spiro atoms. The fraction of sp³-hybridized carbons (Fsp3) is 0.238. The Bertz CT molecular complexity index is 888. The van der Waals surface area contributed by atoms with Crippen molar-refractivity contribution in [1.29, 1.82) is 0 Å². The second-order valence-electron chi connectivity index (χ2n) is 6.36. The van der Waals surface area contributed by atoms with E-state index in [1.54, 1.807) is 12.1 Å². The normalized spacial score (nSPS) is 11.4. The van der Waals surface area contributed by atoms with E-state index >= 15 is 0 Å². The number of carbonyl (C=O) groups is 2. The zero-order valence-corrected chi connectivity index (χ0v) is 17.3. The van der Waals surface area contributed by atoms with E-state index in [-0.39, 0.29) is 42.2 Å². The standard InChI is InChI=1S/C21H21Cl2FN2O3/c1-13(25-21(28)12-29-17-8-9-18(23)19(24)11-17)3-10-20(27)26-14(2)15-4-6-16(22)7-5-15/h4-9,11,14H,1,3,10,12H2,2H3,(H,25,28)(H,26,27)/t14-/m1/s1. The number of amides is 2. The van der Waals surface area contributed by atoms with Crippen molar-refractivity contribution in [3.05, 3.63) is 76.2 Å². The highest BCUT2D eigenvalue weighted by atomic mass is 35.5. The van der Waals surface area contributed by atoms with Crippen LogP contribution in [-0.4, -0.2) is 18.4 Å². The van der Waals surface area contributed by atoms with Crippen LogP contribution in [0.1, 0.15) is 31.4 Å². The molecule has 2 amide bonds. The molecule has 2 rings (SSSR count). The molecule has 29 heavy (non-hydrogen) atoms. The van der Waals surface area contributed by atoms with Crippen molar-refractivity contribution in [3.63, 3.8) is 0 Å². The van der Waals surface area contributed by atoms with Crippen LogP contribution in [0.15, 0.2) is 54.7 Å². The maximum Gasteiger partial charge on any atom is 0.262 e. The lowest BCUT2D eigenvalue weighted by Crippen LogP contribution is -2.30. The summed E-state index contributed by atoms with van der Waals surface area (Å²) in [5.74, 6) is -1.08. The van der Waals surface area contributed by atoms with E-state index in [0.29, 0.717) is 10.7 Å².